The zero-order chi connectivity index (χ0) is 11.5. The third-order valence-corrected chi connectivity index (χ3v) is 2.37. The Morgan fingerprint density at radius 2 is 1.94 bits per heavy atom. The van der Waals surface area contributed by atoms with Gasteiger partial charge in [-0.3, -0.25) is 0 Å². The zero-order valence-electron chi connectivity index (χ0n) is 9.29. The van der Waals surface area contributed by atoms with E-state index in [1.807, 2.05) is 32.0 Å². The van der Waals surface area contributed by atoms with Crippen LogP contribution in [0.2, 0.25) is 0 Å². The van der Waals surface area contributed by atoms with Crippen molar-refractivity contribution in [3.63, 3.8) is 0 Å². The lowest BCUT2D eigenvalue weighted by atomic mass is 10.1. The lowest BCUT2D eigenvalue weighted by molar-refractivity contribution is 0.585. The predicted octanol–water partition coefficient (Wildman–Crippen LogP) is 3.58. The Morgan fingerprint density at radius 3 is 2.69 bits per heavy atom. The van der Waals surface area contributed by atoms with E-state index in [2.05, 4.69) is 10.3 Å². The Labute approximate surface area is 94.2 Å². The molecule has 0 amide bonds. The summed E-state index contributed by atoms with van der Waals surface area (Å²) < 4.78 is 12.9. The van der Waals surface area contributed by atoms with E-state index in [0.29, 0.717) is 5.82 Å². The predicted molar refractivity (Wildman–Crippen MR) is 63.4 cm³/mol. The summed E-state index contributed by atoms with van der Waals surface area (Å²) in [6.07, 6.45) is 0. The van der Waals surface area contributed by atoms with Gasteiger partial charge in [0.1, 0.15) is 5.82 Å². The number of hydrogen-bond donors (Lipinski definition) is 1. The standard InChI is InChI=1S/C13H13FN2/c1-9-6-7-10(2)11(8-9)15-13-5-3-4-12(14)16-13/h3-8H,1-2H3,(H,15,16). The summed E-state index contributed by atoms with van der Waals surface area (Å²) in [7, 11) is 0. The van der Waals surface area contributed by atoms with Gasteiger partial charge in [0, 0.05) is 5.69 Å². The van der Waals surface area contributed by atoms with Gasteiger partial charge in [-0.2, -0.15) is 4.39 Å². The number of aromatic nitrogens is 1. The largest absolute Gasteiger partial charge is 0.340 e. The smallest absolute Gasteiger partial charge is 0.214 e. The second-order valence-electron chi connectivity index (χ2n) is 3.79. The Hall–Kier alpha value is -1.90. The van der Waals surface area contributed by atoms with Gasteiger partial charge in [0.2, 0.25) is 5.95 Å². The molecule has 0 spiro atoms. The van der Waals surface area contributed by atoms with Crippen LogP contribution in [0.1, 0.15) is 11.1 Å². The maximum absolute atomic E-state index is 12.9. The molecule has 0 unspecified atom stereocenters. The van der Waals surface area contributed by atoms with E-state index in [4.69, 9.17) is 0 Å². The minimum Gasteiger partial charge on any atom is -0.340 e. The second-order valence-corrected chi connectivity index (χ2v) is 3.79. The molecule has 3 heteroatoms. The molecule has 1 aromatic carbocycles. The van der Waals surface area contributed by atoms with E-state index >= 15 is 0 Å². The van der Waals surface area contributed by atoms with Gasteiger partial charge in [-0.05, 0) is 43.2 Å². The van der Waals surface area contributed by atoms with Crippen LogP contribution in [0.15, 0.2) is 36.4 Å². The van der Waals surface area contributed by atoms with E-state index in [9.17, 15) is 4.39 Å². The highest BCUT2D eigenvalue weighted by Crippen LogP contribution is 2.20. The quantitative estimate of drug-likeness (QED) is 0.776. The Morgan fingerprint density at radius 1 is 1.12 bits per heavy atom. The minimum absolute atomic E-state index is 0.477. The molecule has 82 valence electrons. The first-order chi connectivity index (χ1) is 7.65. The van der Waals surface area contributed by atoms with Gasteiger partial charge in [-0.1, -0.05) is 18.2 Å². The fourth-order valence-corrected chi connectivity index (χ4v) is 1.49. The van der Waals surface area contributed by atoms with Gasteiger partial charge < -0.3 is 5.32 Å². The number of rotatable bonds is 2. The maximum Gasteiger partial charge on any atom is 0.214 e. The lowest BCUT2D eigenvalue weighted by Gasteiger charge is -2.09. The molecule has 0 saturated heterocycles. The van der Waals surface area contributed by atoms with Crippen LogP contribution in [0.5, 0.6) is 0 Å². The molecule has 1 heterocycles. The first-order valence-electron chi connectivity index (χ1n) is 5.12. The molecule has 0 fully saturated rings. The molecule has 0 radical (unpaired) electrons. The molecule has 2 nitrogen and oxygen atoms in total. The maximum atomic E-state index is 12.9. The van der Waals surface area contributed by atoms with Crippen LogP contribution in [-0.2, 0) is 0 Å². The first-order valence-corrected chi connectivity index (χ1v) is 5.12. The third-order valence-electron chi connectivity index (χ3n) is 2.37. The number of aryl methyl sites for hydroxylation is 2. The van der Waals surface area contributed by atoms with E-state index in [-0.39, 0.29) is 0 Å². The van der Waals surface area contributed by atoms with Crippen LogP contribution < -0.4 is 5.32 Å². The van der Waals surface area contributed by atoms with Crippen molar-refractivity contribution in [3.05, 3.63) is 53.5 Å². The molecule has 1 N–H and O–H groups in total. The molecule has 0 aliphatic heterocycles. The molecule has 0 saturated carbocycles. The number of pyridine rings is 1. The molecule has 1 aromatic heterocycles. The molecular formula is C13H13FN2. The molecule has 0 bridgehead atoms. The van der Waals surface area contributed by atoms with E-state index in [0.717, 1.165) is 16.8 Å². The molecule has 2 rings (SSSR count). The topological polar surface area (TPSA) is 24.9 Å². The van der Waals surface area contributed by atoms with Crippen molar-refractivity contribution in [2.75, 3.05) is 5.32 Å². The summed E-state index contributed by atoms with van der Waals surface area (Å²) in [5.41, 5.74) is 3.22. The number of hydrogen-bond acceptors (Lipinski definition) is 2. The Kier molecular flexibility index (Phi) is 2.86. The van der Waals surface area contributed by atoms with Gasteiger partial charge >= 0.3 is 0 Å². The molecule has 2 aromatic rings. The molecule has 0 atom stereocenters. The summed E-state index contributed by atoms with van der Waals surface area (Å²) in [6.45, 7) is 4.02. The van der Waals surface area contributed by atoms with Crippen molar-refractivity contribution in [1.82, 2.24) is 4.98 Å². The van der Waals surface area contributed by atoms with Gasteiger partial charge in [-0.25, -0.2) is 4.98 Å². The summed E-state index contributed by atoms with van der Waals surface area (Å²) in [5, 5.41) is 3.10. The zero-order valence-corrected chi connectivity index (χ0v) is 9.29. The highest BCUT2D eigenvalue weighted by molar-refractivity contribution is 5.61. The van der Waals surface area contributed by atoms with Gasteiger partial charge in [0.05, 0.1) is 0 Å². The van der Waals surface area contributed by atoms with E-state index in [1.54, 1.807) is 12.1 Å². The minimum atomic E-state index is -0.477. The summed E-state index contributed by atoms with van der Waals surface area (Å²) >= 11 is 0. The van der Waals surface area contributed by atoms with Gasteiger partial charge in [0.15, 0.2) is 0 Å². The lowest BCUT2D eigenvalue weighted by Crippen LogP contribution is -1.97. The van der Waals surface area contributed by atoms with Crippen molar-refractivity contribution in [2.24, 2.45) is 0 Å². The van der Waals surface area contributed by atoms with E-state index < -0.39 is 5.95 Å². The van der Waals surface area contributed by atoms with E-state index in [1.165, 1.54) is 6.07 Å². The van der Waals surface area contributed by atoms with Crippen LogP contribution >= 0.6 is 0 Å². The number of halogens is 1. The average molecular weight is 216 g/mol. The SMILES string of the molecule is Cc1ccc(C)c(Nc2cccc(F)n2)c1. The highest BCUT2D eigenvalue weighted by atomic mass is 19.1. The van der Waals surface area contributed by atoms with Crippen LogP contribution in [0.4, 0.5) is 15.9 Å². The number of benzene rings is 1. The number of nitrogens with one attached hydrogen (secondary N) is 1. The van der Waals surface area contributed by atoms with Crippen LogP contribution in [0.25, 0.3) is 0 Å². The van der Waals surface area contributed by atoms with Crippen molar-refractivity contribution < 1.29 is 4.39 Å². The average Bonchev–Trinajstić information content (AvgIpc) is 2.24. The number of nitrogens with zero attached hydrogens (tertiary/aromatic N) is 1. The molecule has 0 aliphatic rings. The first kappa shape index (κ1) is 10.6. The second kappa shape index (κ2) is 4.31. The fourth-order valence-electron chi connectivity index (χ4n) is 1.49. The van der Waals surface area contributed by atoms with Crippen LogP contribution in [0.3, 0.4) is 0 Å². The fraction of sp³-hybridized carbons (Fsp3) is 0.154. The van der Waals surface area contributed by atoms with Crippen LogP contribution in [0, 0.1) is 19.8 Å². The van der Waals surface area contributed by atoms with Crippen molar-refractivity contribution in [3.8, 4) is 0 Å². The van der Waals surface area contributed by atoms with Crippen molar-refractivity contribution in [1.29, 1.82) is 0 Å². The number of anilines is 2. The van der Waals surface area contributed by atoms with Gasteiger partial charge in [0.25, 0.3) is 0 Å². The summed E-state index contributed by atoms with van der Waals surface area (Å²) in [4.78, 5) is 3.76. The normalized spacial score (nSPS) is 10.2. The summed E-state index contributed by atoms with van der Waals surface area (Å²) in [5.74, 6) is 0.0454. The summed E-state index contributed by atoms with van der Waals surface area (Å²) in [6, 6.07) is 10.8. The highest BCUT2D eigenvalue weighted by Gasteiger charge is 2.01. The Balaban J connectivity index is 2.30. The van der Waals surface area contributed by atoms with Gasteiger partial charge in [-0.15, -0.1) is 0 Å². The molecule has 0 aliphatic carbocycles. The molecule has 16 heavy (non-hydrogen) atoms. The van der Waals surface area contributed by atoms with Crippen molar-refractivity contribution >= 4 is 11.5 Å². The Bertz CT molecular complexity index is 509. The van der Waals surface area contributed by atoms with Crippen molar-refractivity contribution in [2.45, 2.75) is 13.8 Å². The monoisotopic (exact) mass is 216 g/mol. The third kappa shape index (κ3) is 2.37. The molecular weight excluding hydrogens is 203 g/mol. The van der Waals surface area contributed by atoms with Crippen LogP contribution in [-0.4, -0.2) is 4.98 Å².